The van der Waals surface area contributed by atoms with E-state index in [-0.39, 0.29) is 5.60 Å². The Hall–Kier alpha value is -0.810. The summed E-state index contributed by atoms with van der Waals surface area (Å²) in [6.45, 7) is 2.71. The number of likely N-dealkylation sites (tertiary alicyclic amines) is 1. The number of fused-ring (bicyclic) bond motifs is 1. The Bertz CT molecular complexity index is 233. The Labute approximate surface area is 76.7 Å². The number of amides is 1. The molecule has 1 amide bonds. The van der Waals surface area contributed by atoms with Crippen molar-refractivity contribution < 1.29 is 14.6 Å². The quantitative estimate of drug-likeness (QED) is 0.584. The molecule has 0 saturated carbocycles. The Morgan fingerprint density at radius 2 is 2.54 bits per heavy atom. The van der Waals surface area contributed by atoms with E-state index in [9.17, 15) is 4.79 Å². The van der Waals surface area contributed by atoms with E-state index in [1.165, 1.54) is 4.90 Å². The van der Waals surface area contributed by atoms with Gasteiger partial charge in [-0.2, -0.15) is 0 Å². The van der Waals surface area contributed by atoms with E-state index in [1.807, 2.05) is 0 Å². The average molecular weight is 186 g/mol. The van der Waals surface area contributed by atoms with Crippen LogP contribution in [0.5, 0.6) is 0 Å². The molecule has 2 atom stereocenters. The minimum absolute atomic E-state index is 0.265. The van der Waals surface area contributed by atoms with Crippen LogP contribution in [-0.4, -0.2) is 55.0 Å². The molecule has 2 N–H and O–H groups in total. The molecule has 5 heteroatoms. The van der Waals surface area contributed by atoms with Crippen molar-refractivity contribution in [3.05, 3.63) is 0 Å². The molecular weight excluding hydrogens is 172 g/mol. The van der Waals surface area contributed by atoms with Crippen molar-refractivity contribution in [1.29, 1.82) is 0 Å². The van der Waals surface area contributed by atoms with Crippen molar-refractivity contribution in [3.63, 3.8) is 0 Å². The molecule has 13 heavy (non-hydrogen) atoms. The molecule has 0 aromatic carbocycles. The largest absolute Gasteiger partial charge is 0.465 e. The number of methoxy groups -OCH3 is 1. The molecule has 0 aromatic rings. The first-order valence-electron chi connectivity index (χ1n) is 4.42. The third kappa shape index (κ3) is 1.19. The van der Waals surface area contributed by atoms with Crippen LogP contribution in [0.25, 0.3) is 0 Å². The summed E-state index contributed by atoms with van der Waals surface area (Å²) in [5.74, 6) is 0.314. The van der Waals surface area contributed by atoms with Gasteiger partial charge in [0, 0.05) is 32.7 Å². The van der Waals surface area contributed by atoms with Gasteiger partial charge >= 0.3 is 6.09 Å². The van der Waals surface area contributed by atoms with E-state index in [4.69, 9.17) is 9.84 Å². The van der Waals surface area contributed by atoms with E-state index in [2.05, 4.69) is 5.32 Å². The summed E-state index contributed by atoms with van der Waals surface area (Å²) in [7, 11) is 1.66. The van der Waals surface area contributed by atoms with Gasteiger partial charge < -0.3 is 20.1 Å². The first-order chi connectivity index (χ1) is 6.18. The summed E-state index contributed by atoms with van der Waals surface area (Å²) in [6.07, 6.45) is -0.842. The Morgan fingerprint density at radius 3 is 3.08 bits per heavy atom. The minimum Gasteiger partial charge on any atom is -0.465 e. The summed E-state index contributed by atoms with van der Waals surface area (Å²) in [5, 5.41) is 12.1. The fourth-order valence-corrected chi connectivity index (χ4v) is 2.31. The standard InChI is InChI=1S/C8H14N2O3/c1-13-8-4-9-2-6(8)3-10(5-8)7(11)12/h6,9H,2-5H2,1H3,(H,11,12)/t6-,8-/m1/s1. The highest BCUT2D eigenvalue weighted by Crippen LogP contribution is 2.33. The van der Waals surface area contributed by atoms with Gasteiger partial charge in [-0.1, -0.05) is 0 Å². The van der Waals surface area contributed by atoms with Crippen molar-refractivity contribution in [1.82, 2.24) is 10.2 Å². The topological polar surface area (TPSA) is 61.8 Å². The van der Waals surface area contributed by atoms with Crippen LogP contribution in [0.3, 0.4) is 0 Å². The normalized spacial score (nSPS) is 37.9. The summed E-state index contributed by atoms with van der Waals surface area (Å²) < 4.78 is 5.44. The van der Waals surface area contributed by atoms with Crippen molar-refractivity contribution in [2.24, 2.45) is 5.92 Å². The molecule has 0 unspecified atom stereocenters. The highest BCUT2D eigenvalue weighted by atomic mass is 16.5. The van der Waals surface area contributed by atoms with Crippen LogP contribution in [-0.2, 0) is 4.74 Å². The van der Waals surface area contributed by atoms with Gasteiger partial charge in [-0.15, -0.1) is 0 Å². The second kappa shape index (κ2) is 2.85. The number of rotatable bonds is 1. The van der Waals surface area contributed by atoms with Crippen LogP contribution >= 0.6 is 0 Å². The second-order valence-corrected chi connectivity index (χ2v) is 3.76. The van der Waals surface area contributed by atoms with Gasteiger partial charge in [0.25, 0.3) is 0 Å². The monoisotopic (exact) mass is 186 g/mol. The molecule has 0 bridgehead atoms. The Kier molecular flexibility index (Phi) is 1.92. The van der Waals surface area contributed by atoms with Gasteiger partial charge in [0.1, 0.15) is 5.60 Å². The highest BCUT2D eigenvalue weighted by molar-refractivity contribution is 5.65. The molecule has 2 heterocycles. The number of carbonyl (C=O) groups is 1. The van der Waals surface area contributed by atoms with Crippen LogP contribution in [0.2, 0.25) is 0 Å². The first-order valence-corrected chi connectivity index (χ1v) is 4.42. The van der Waals surface area contributed by atoms with E-state index >= 15 is 0 Å². The fourth-order valence-electron chi connectivity index (χ4n) is 2.31. The van der Waals surface area contributed by atoms with Crippen molar-refractivity contribution in [2.75, 3.05) is 33.3 Å². The summed E-state index contributed by atoms with van der Waals surface area (Å²) >= 11 is 0. The summed E-state index contributed by atoms with van der Waals surface area (Å²) in [4.78, 5) is 12.2. The zero-order chi connectivity index (χ0) is 9.47. The van der Waals surface area contributed by atoms with Gasteiger partial charge in [-0.25, -0.2) is 4.79 Å². The number of carboxylic acid groups (broad SMARTS) is 1. The van der Waals surface area contributed by atoms with Crippen LogP contribution in [0.4, 0.5) is 4.79 Å². The first kappa shape index (κ1) is 8.77. The molecule has 0 aliphatic carbocycles. The maximum atomic E-state index is 10.7. The van der Waals surface area contributed by atoms with Crippen LogP contribution in [0.1, 0.15) is 0 Å². The summed E-state index contributed by atoms with van der Waals surface area (Å²) in [5.41, 5.74) is -0.265. The molecule has 0 radical (unpaired) electrons. The number of hydrogen-bond donors (Lipinski definition) is 2. The Morgan fingerprint density at radius 1 is 1.77 bits per heavy atom. The van der Waals surface area contributed by atoms with E-state index < -0.39 is 6.09 Å². The molecule has 0 spiro atoms. The number of hydrogen-bond acceptors (Lipinski definition) is 3. The van der Waals surface area contributed by atoms with Gasteiger partial charge in [-0.05, 0) is 0 Å². The predicted octanol–water partition coefficient (Wildman–Crippen LogP) is -0.415. The number of ether oxygens (including phenoxy) is 1. The van der Waals surface area contributed by atoms with Gasteiger partial charge in [0.2, 0.25) is 0 Å². The van der Waals surface area contributed by atoms with Gasteiger partial charge in [0.05, 0.1) is 6.54 Å². The van der Waals surface area contributed by atoms with E-state index in [0.29, 0.717) is 19.0 Å². The molecule has 74 valence electrons. The molecule has 2 aliphatic rings. The maximum Gasteiger partial charge on any atom is 0.407 e. The maximum absolute atomic E-state index is 10.7. The lowest BCUT2D eigenvalue weighted by atomic mass is 9.95. The lowest BCUT2D eigenvalue weighted by Crippen LogP contribution is -2.42. The molecule has 0 aromatic heterocycles. The molecule has 2 rings (SSSR count). The molecule has 2 saturated heterocycles. The van der Waals surface area contributed by atoms with E-state index in [0.717, 1.165) is 13.1 Å². The third-order valence-corrected chi connectivity index (χ3v) is 3.14. The van der Waals surface area contributed by atoms with Crippen molar-refractivity contribution >= 4 is 6.09 Å². The lowest BCUT2D eigenvalue weighted by Gasteiger charge is -2.25. The lowest BCUT2D eigenvalue weighted by molar-refractivity contribution is -0.00500. The van der Waals surface area contributed by atoms with Crippen LogP contribution in [0, 0.1) is 5.92 Å². The van der Waals surface area contributed by atoms with Crippen LogP contribution < -0.4 is 5.32 Å². The zero-order valence-corrected chi connectivity index (χ0v) is 7.62. The Balaban J connectivity index is 2.13. The minimum atomic E-state index is -0.842. The van der Waals surface area contributed by atoms with E-state index in [1.54, 1.807) is 7.11 Å². The average Bonchev–Trinajstić information content (AvgIpc) is 2.58. The highest BCUT2D eigenvalue weighted by Gasteiger charge is 2.51. The van der Waals surface area contributed by atoms with Crippen LogP contribution in [0.15, 0.2) is 0 Å². The molecule has 5 nitrogen and oxygen atoms in total. The van der Waals surface area contributed by atoms with Crippen molar-refractivity contribution in [3.8, 4) is 0 Å². The third-order valence-electron chi connectivity index (χ3n) is 3.14. The fraction of sp³-hybridized carbons (Fsp3) is 0.875. The van der Waals surface area contributed by atoms with Gasteiger partial charge in [-0.3, -0.25) is 0 Å². The van der Waals surface area contributed by atoms with Crippen molar-refractivity contribution in [2.45, 2.75) is 5.60 Å². The number of nitrogens with zero attached hydrogens (tertiary/aromatic N) is 1. The summed E-state index contributed by atoms with van der Waals surface area (Å²) in [6, 6.07) is 0. The zero-order valence-electron chi connectivity index (χ0n) is 7.62. The van der Waals surface area contributed by atoms with Gasteiger partial charge in [0.15, 0.2) is 0 Å². The predicted molar refractivity (Wildman–Crippen MR) is 45.7 cm³/mol. The molecule has 2 fully saturated rings. The smallest absolute Gasteiger partial charge is 0.407 e. The molecular formula is C8H14N2O3. The SMILES string of the molecule is CO[C@@]12CNC[C@@H]1CN(C(=O)O)C2. The molecule has 2 aliphatic heterocycles. The number of nitrogens with one attached hydrogen (secondary N) is 1. The second-order valence-electron chi connectivity index (χ2n) is 3.76.